The molecule has 1 aromatic carbocycles. The smallest absolute Gasteiger partial charge is 0.408 e. The number of hydrogen-bond acceptors (Lipinski definition) is 4. The Balaban J connectivity index is 2.39. The Bertz CT molecular complexity index is 809. The number of aromatic amines is 1. The second kappa shape index (κ2) is 6.81. The van der Waals surface area contributed by atoms with Crippen LogP contribution >= 0.6 is 11.6 Å². The zero-order chi connectivity index (χ0) is 18.1. The quantitative estimate of drug-likeness (QED) is 0.880. The van der Waals surface area contributed by atoms with Crippen molar-refractivity contribution < 1.29 is 9.53 Å². The molecule has 2 N–H and O–H groups in total. The Hall–Kier alpha value is -2.08. The molecule has 0 aliphatic carbocycles. The van der Waals surface area contributed by atoms with E-state index < -0.39 is 17.7 Å². The predicted octanol–water partition coefficient (Wildman–Crippen LogP) is 3.80. The van der Waals surface area contributed by atoms with Crippen LogP contribution in [0.5, 0.6) is 0 Å². The number of carbonyl (C=O) groups is 1. The fourth-order valence-corrected chi connectivity index (χ4v) is 2.43. The van der Waals surface area contributed by atoms with Gasteiger partial charge in [-0.15, -0.1) is 0 Å². The number of hydrogen-bond donors (Lipinski definition) is 2. The number of nitrogens with one attached hydrogen (secondary N) is 2. The van der Waals surface area contributed by atoms with Crippen molar-refractivity contribution >= 4 is 28.6 Å². The monoisotopic (exact) mass is 351 g/mol. The third kappa shape index (κ3) is 4.47. The molecule has 7 heteroatoms. The lowest BCUT2D eigenvalue weighted by molar-refractivity contribution is 0.0486. The maximum atomic E-state index is 12.3. The van der Waals surface area contributed by atoms with Crippen LogP contribution in [-0.2, 0) is 4.74 Å². The molecule has 6 nitrogen and oxygen atoms in total. The first-order chi connectivity index (χ1) is 11.1. The Morgan fingerprint density at radius 1 is 1.33 bits per heavy atom. The second-order valence-corrected chi connectivity index (χ2v) is 7.42. The highest BCUT2D eigenvalue weighted by atomic mass is 35.5. The van der Waals surface area contributed by atoms with Gasteiger partial charge in [0.25, 0.3) is 5.56 Å². The van der Waals surface area contributed by atoms with Crippen molar-refractivity contribution in [2.75, 3.05) is 0 Å². The third-order valence-electron chi connectivity index (χ3n) is 3.32. The average Bonchev–Trinajstić information content (AvgIpc) is 2.41. The van der Waals surface area contributed by atoms with E-state index >= 15 is 0 Å². The van der Waals surface area contributed by atoms with Crippen molar-refractivity contribution in [3.63, 3.8) is 0 Å². The fraction of sp³-hybridized carbons (Fsp3) is 0.471. The minimum absolute atomic E-state index is 0.00250. The summed E-state index contributed by atoms with van der Waals surface area (Å²) in [6.45, 7) is 9.20. The Morgan fingerprint density at radius 3 is 2.58 bits per heavy atom. The van der Waals surface area contributed by atoms with Gasteiger partial charge in [0.05, 0.1) is 16.9 Å². The molecule has 2 aromatic rings. The highest BCUT2D eigenvalue weighted by molar-refractivity contribution is 6.31. The fourth-order valence-electron chi connectivity index (χ4n) is 2.26. The first-order valence-corrected chi connectivity index (χ1v) is 8.13. The normalized spacial score (nSPS) is 13.1. The minimum atomic E-state index is -0.608. The van der Waals surface area contributed by atoms with Gasteiger partial charge in [-0.1, -0.05) is 25.4 Å². The summed E-state index contributed by atoms with van der Waals surface area (Å²) in [6.07, 6.45) is -0.560. The van der Waals surface area contributed by atoms with Gasteiger partial charge in [0.15, 0.2) is 0 Å². The lowest BCUT2D eigenvalue weighted by atomic mass is 10.0. The topological polar surface area (TPSA) is 84.1 Å². The molecular formula is C17H22ClN3O3. The number of H-pyrrole nitrogens is 1. The standard InChI is InChI=1S/C17H22ClN3O3/c1-9(2)13(20-16(23)24-17(3,4)5)14-19-12-8-10(18)6-7-11(12)15(22)21-14/h6-9,13H,1-5H3,(H,20,23)(H,19,21,22)/t13-/m1/s1. The molecule has 0 bridgehead atoms. The van der Waals surface area contributed by atoms with E-state index in [9.17, 15) is 9.59 Å². The summed E-state index contributed by atoms with van der Waals surface area (Å²) in [4.78, 5) is 31.5. The van der Waals surface area contributed by atoms with Gasteiger partial charge in [-0.25, -0.2) is 9.78 Å². The maximum Gasteiger partial charge on any atom is 0.408 e. The zero-order valence-corrected chi connectivity index (χ0v) is 15.2. The number of nitrogens with zero attached hydrogens (tertiary/aromatic N) is 1. The lowest BCUT2D eigenvalue weighted by Gasteiger charge is -2.25. The van der Waals surface area contributed by atoms with Gasteiger partial charge < -0.3 is 15.0 Å². The Morgan fingerprint density at radius 2 is 2.00 bits per heavy atom. The molecule has 24 heavy (non-hydrogen) atoms. The largest absolute Gasteiger partial charge is 0.444 e. The number of amides is 1. The number of aromatic nitrogens is 2. The van der Waals surface area contributed by atoms with Crippen LogP contribution in [0.2, 0.25) is 5.02 Å². The van der Waals surface area contributed by atoms with Crippen LogP contribution in [0.15, 0.2) is 23.0 Å². The second-order valence-electron chi connectivity index (χ2n) is 6.98. The van der Waals surface area contributed by atoms with E-state index in [1.54, 1.807) is 39.0 Å². The highest BCUT2D eigenvalue weighted by Gasteiger charge is 2.25. The molecule has 1 atom stereocenters. The lowest BCUT2D eigenvalue weighted by Crippen LogP contribution is -2.38. The van der Waals surface area contributed by atoms with Gasteiger partial charge in [0.1, 0.15) is 11.4 Å². The van der Waals surface area contributed by atoms with Crippen LogP contribution in [0.4, 0.5) is 4.79 Å². The van der Waals surface area contributed by atoms with E-state index in [0.717, 1.165) is 0 Å². The van der Waals surface area contributed by atoms with Gasteiger partial charge in [-0.05, 0) is 44.9 Å². The Kier molecular flexibility index (Phi) is 5.18. The molecule has 130 valence electrons. The van der Waals surface area contributed by atoms with Crippen LogP contribution in [0, 0.1) is 5.92 Å². The number of benzene rings is 1. The van der Waals surface area contributed by atoms with E-state index in [4.69, 9.17) is 16.3 Å². The molecule has 2 rings (SSSR count). The van der Waals surface area contributed by atoms with Crippen LogP contribution in [0.25, 0.3) is 10.9 Å². The molecule has 1 heterocycles. The van der Waals surface area contributed by atoms with E-state index in [1.165, 1.54) is 0 Å². The predicted molar refractivity (Wildman–Crippen MR) is 94.3 cm³/mol. The van der Waals surface area contributed by atoms with Crippen molar-refractivity contribution in [2.45, 2.75) is 46.3 Å². The van der Waals surface area contributed by atoms with Crippen molar-refractivity contribution in [3.8, 4) is 0 Å². The van der Waals surface area contributed by atoms with Crippen LogP contribution in [0.1, 0.15) is 46.5 Å². The Labute approximate surface area is 145 Å². The van der Waals surface area contributed by atoms with Gasteiger partial charge in [0.2, 0.25) is 0 Å². The van der Waals surface area contributed by atoms with Crippen LogP contribution in [-0.4, -0.2) is 21.7 Å². The van der Waals surface area contributed by atoms with Gasteiger partial charge in [-0.2, -0.15) is 0 Å². The molecule has 0 aliphatic heterocycles. The number of halogens is 1. The molecule has 0 saturated carbocycles. The summed E-state index contributed by atoms with van der Waals surface area (Å²) in [5.41, 5.74) is -0.398. The number of alkyl carbamates (subject to hydrolysis) is 1. The van der Waals surface area contributed by atoms with Crippen molar-refractivity contribution in [1.29, 1.82) is 0 Å². The first-order valence-electron chi connectivity index (χ1n) is 7.76. The molecular weight excluding hydrogens is 330 g/mol. The van der Waals surface area contributed by atoms with Gasteiger partial charge in [-0.3, -0.25) is 4.79 Å². The SMILES string of the molecule is CC(C)[C@@H](NC(=O)OC(C)(C)C)c1nc2cc(Cl)ccc2c(=O)[nH]1. The number of ether oxygens (including phenoxy) is 1. The summed E-state index contributed by atoms with van der Waals surface area (Å²) in [5.74, 6) is 0.368. The van der Waals surface area contributed by atoms with E-state index in [-0.39, 0.29) is 11.5 Å². The first kappa shape index (κ1) is 18.3. The molecule has 0 unspecified atom stereocenters. The summed E-state index contributed by atoms with van der Waals surface area (Å²) in [5, 5.41) is 3.71. The van der Waals surface area contributed by atoms with E-state index in [2.05, 4.69) is 15.3 Å². The molecule has 0 fully saturated rings. The van der Waals surface area contributed by atoms with Crippen molar-refractivity contribution in [3.05, 3.63) is 39.4 Å². The number of fused-ring (bicyclic) bond motifs is 1. The summed E-state index contributed by atoms with van der Waals surface area (Å²) in [6, 6.07) is 4.40. The molecule has 1 amide bonds. The number of carbonyl (C=O) groups excluding carboxylic acids is 1. The summed E-state index contributed by atoms with van der Waals surface area (Å²) in [7, 11) is 0. The highest BCUT2D eigenvalue weighted by Crippen LogP contribution is 2.21. The molecule has 0 radical (unpaired) electrons. The molecule has 0 saturated heterocycles. The van der Waals surface area contributed by atoms with Gasteiger partial charge in [0, 0.05) is 5.02 Å². The van der Waals surface area contributed by atoms with E-state index in [0.29, 0.717) is 21.7 Å². The molecule has 0 spiro atoms. The molecule has 0 aliphatic rings. The summed E-state index contributed by atoms with van der Waals surface area (Å²) < 4.78 is 5.29. The number of rotatable bonds is 3. The maximum absolute atomic E-state index is 12.3. The average molecular weight is 352 g/mol. The molecule has 1 aromatic heterocycles. The minimum Gasteiger partial charge on any atom is -0.444 e. The van der Waals surface area contributed by atoms with E-state index in [1.807, 2.05) is 13.8 Å². The summed E-state index contributed by atoms with van der Waals surface area (Å²) >= 11 is 5.98. The van der Waals surface area contributed by atoms with Crippen LogP contribution < -0.4 is 10.9 Å². The van der Waals surface area contributed by atoms with Crippen LogP contribution in [0.3, 0.4) is 0 Å². The van der Waals surface area contributed by atoms with Crippen molar-refractivity contribution in [1.82, 2.24) is 15.3 Å². The van der Waals surface area contributed by atoms with Crippen molar-refractivity contribution in [2.24, 2.45) is 5.92 Å². The zero-order valence-electron chi connectivity index (χ0n) is 14.4. The van der Waals surface area contributed by atoms with Gasteiger partial charge >= 0.3 is 6.09 Å². The third-order valence-corrected chi connectivity index (χ3v) is 3.56.